The van der Waals surface area contributed by atoms with Gasteiger partial charge in [-0.1, -0.05) is 29.8 Å². The van der Waals surface area contributed by atoms with E-state index >= 15 is 0 Å². The first-order valence-electron chi connectivity index (χ1n) is 7.91. The van der Waals surface area contributed by atoms with E-state index in [9.17, 15) is 13.2 Å². The average Bonchev–Trinajstić information content (AvgIpc) is 3.15. The van der Waals surface area contributed by atoms with Gasteiger partial charge in [-0.25, -0.2) is 8.42 Å². The molecule has 0 amide bonds. The van der Waals surface area contributed by atoms with Crippen LogP contribution in [0.1, 0.15) is 18.4 Å². The van der Waals surface area contributed by atoms with Crippen LogP contribution in [0.25, 0.3) is 0 Å². The second kappa shape index (κ2) is 7.86. The summed E-state index contributed by atoms with van der Waals surface area (Å²) in [5, 5.41) is 2.34. The van der Waals surface area contributed by atoms with E-state index in [0.29, 0.717) is 35.2 Å². The van der Waals surface area contributed by atoms with Crippen LogP contribution < -0.4 is 0 Å². The molecule has 0 unspecified atom stereocenters. The number of rotatable bonds is 5. The lowest BCUT2D eigenvalue weighted by Crippen LogP contribution is -2.40. The molecule has 2 heterocycles. The first-order valence-corrected chi connectivity index (χ1v) is 10.6. The number of hydrogen-bond acceptors (Lipinski definition) is 5. The third-order valence-electron chi connectivity index (χ3n) is 4.15. The van der Waals surface area contributed by atoms with E-state index in [1.54, 1.807) is 35.7 Å². The molecule has 1 saturated heterocycles. The van der Waals surface area contributed by atoms with Crippen LogP contribution in [0.5, 0.6) is 0 Å². The Kier molecular flexibility index (Phi) is 5.78. The summed E-state index contributed by atoms with van der Waals surface area (Å²) in [4.78, 5) is 12.2. The maximum atomic E-state index is 12.5. The molecule has 3 rings (SSSR count). The zero-order chi connectivity index (χ0) is 17.9. The topological polar surface area (TPSA) is 63.7 Å². The first-order chi connectivity index (χ1) is 12.0. The second-order valence-corrected chi connectivity index (χ2v) is 9.40. The molecule has 1 aliphatic heterocycles. The normalized spacial score (nSPS) is 16.7. The molecule has 0 spiro atoms. The van der Waals surface area contributed by atoms with Crippen molar-refractivity contribution >= 4 is 38.9 Å². The molecular weight excluding hydrogens is 382 g/mol. The van der Waals surface area contributed by atoms with Crippen LogP contribution in [0.3, 0.4) is 0 Å². The van der Waals surface area contributed by atoms with Gasteiger partial charge in [0.15, 0.2) is 0 Å². The number of carbonyl (C=O) groups excluding carboxylic acids is 1. The predicted molar refractivity (Wildman–Crippen MR) is 97.0 cm³/mol. The van der Waals surface area contributed by atoms with Gasteiger partial charge in [0.2, 0.25) is 0 Å². The third-order valence-corrected chi connectivity index (χ3v) is 7.65. The number of nitrogens with zero attached hydrogens (tertiary/aromatic N) is 1. The Morgan fingerprint density at radius 2 is 2.00 bits per heavy atom. The van der Waals surface area contributed by atoms with Crippen molar-refractivity contribution in [3.05, 3.63) is 52.4 Å². The minimum Gasteiger partial charge on any atom is -0.461 e. The Labute approximate surface area is 156 Å². The fraction of sp³-hybridized carbons (Fsp3) is 0.353. The van der Waals surface area contributed by atoms with Crippen LogP contribution in [-0.4, -0.2) is 31.8 Å². The van der Waals surface area contributed by atoms with E-state index in [1.807, 2.05) is 6.07 Å². The van der Waals surface area contributed by atoms with Crippen molar-refractivity contribution in [1.82, 2.24) is 4.31 Å². The van der Waals surface area contributed by atoms with Crippen LogP contribution in [0.2, 0.25) is 5.02 Å². The van der Waals surface area contributed by atoms with Gasteiger partial charge in [0, 0.05) is 18.1 Å². The number of esters is 1. The maximum absolute atomic E-state index is 12.5. The largest absolute Gasteiger partial charge is 0.461 e. The number of carbonyl (C=O) groups is 1. The summed E-state index contributed by atoms with van der Waals surface area (Å²) in [6.07, 6.45) is 0.942. The lowest BCUT2D eigenvalue weighted by molar-refractivity contribution is -0.151. The van der Waals surface area contributed by atoms with Crippen LogP contribution in [0.15, 0.2) is 46.0 Å². The maximum Gasteiger partial charge on any atom is 0.309 e. The summed E-state index contributed by atoms with van der Waals surface area (Å²) in [5.41, 5.74) is 0.832. The Bertz CT molecular complexity index is 828. The molecule has 134 valence electrons. The van der Waals surface area contributed by atoms with Gasteiger partial charge in [-0.05, 0) is 42.0 Å². The van der Waals surface area contributed by atoms with Gasteiger partial charge in [-0.3, -0.25) is 4.79 Å². The van der Waals surface area contributed by atoms with E-state index in [4.69, 9.17) is 16.3 Å². The number of sulfonamides is 1. The average molecular weight is 400 g/mol. The van der Waals surface area contributed by atoms with Crippen molar-refractivity contribution in [2.24, 2.45) is 5.92 Å². The molecule has 1 aromatic carbocycles. The van der Waals surface area contributed by atoms with Crippen LogP contribution in [0, 0.1) is 5.92 Å². The molecule has 25 heavy (non-hydrogen) atoms. The number of ether oxygens (including phenoxy) is 1. The summed E-state index contributed by atoms with van der Waals surface area (Å²) in [6, 6.07) is 10.5. The molecule has 1 fully saturated rings. The summed E-state index contributed by atoms with van der Waals surface area (Å²) in [5.74, 6) is -0.554. The van der Waals surface area contributed by atoms with Crippen molar-refractivity contribution in [3.63, 3.8) is 0 Å². The number of thiophene rings is 1. The lowest BCUT2D eigenvalue weighted by atomic mass is 9.98. The SMILES string of the molecule is O=C(OCc1cccc(Cl)c1)C1CCN(S(=O)(=O)c2cccs2)CC1. The van der Waals surface area contributed by atoms with Gasteiger partial charge in [-0.2, -0.15) is 4.31 Å². The molecule has 0 N–H and O–H groups in total. The molecule has 0 saturated carbocycles. The summed E-state index contributed by atoms with van der Waals surface area (Å²) in [7, 11) is -3.44. The Morgan fingerprint density at radius 1 is 1.24 bits per heavy atom. The molecule has 0 radical (unpaired) electrons. The predicted octanol–water partition coefficient (Wildman–Crippen LogP) is 3.55. The third kappa shape index (κ3) is 4.41. The minimum atomic E-state index is -3.44. The monoisotopic (exact) mass is 399 g/mol. The van der Waals surface area contributed by atoms with Crippen molar-refractivity contribution in [1.29, 1.82) is 0 Å². The number of halogens is 1. The fourth-order valence-electron chi connectivity index (χ4n) is 2.77. The van der Waals surface area contributed by atoms with E-state index in [-0.39, 0.29) is 18.5 Å². The van der Waals surface area contributed by atoms with E-state index < -0.39 is 10.0 Å². The van der Waals surface area contributed by atoms with Gasteiger partial charge >= 0.3 is 5.97 Å². The second-order valence-electron chi connectivity index (χ2n) is 5.85. The molecule has 5 nitrogen and oxygen atoms in total. The van der Waals surface area contributed by atoms with Gasteiger partial charge in [0.25, 0.3) is 10.0 Å². The molecule has 0 aliphatic carbocycles. The van der Waals surface area contributed by atoms with E-state index in [2.05, 4.69) is 0 Å². The highest BCUT2D eigenvalue weighted by atomic mass is 35.5. The van der Waals surface area contributed by atoms with E-state index in [1.165, 1.54) is 15.6 Å². The van der Waals surface area contributed by atoms with Crippen molar-refractivity contribution < 1.29 is 17.9 Å². The highest BCUT2D eigenvalue weighted by Crippen LogP contribution is 2.27. The highest BCUT2D eigenvalue weighted by molar-refractivity contribution is 7.91. The Morgan fingerprint density at radius 3 is 2.64 bits per heavy atom. The lowest BCUT2D eigenvalue weighted by Gasteiger charge is -2.29. The van der Waals surface area contributed by atoms with Gasteiger partial charge in [0.05, 0.1) is 5.92 Å². The molecule has 8 heteroatoms. The summed E-state index contributed by atoms with van der Waals surface area (Å²) < 4.78 is 32.1. The van der Waals surface area contributed by atoms with Crippen molar-refractivity contribution in [2.75, 3.05) is 13.1 Å². The first kappa shape index (κ1) is 18.4. The minimum absolute atomic E-state index is 0.174. The number of piperidine rings is 1. The van der Waals surface area contributed by atoms with Crippen molar-refractivity contribution in [3.8, 4) is 0 Å². The summed E-state index contributed by atoms with van der Waals surface area (Å²) >= 11 is 7.11. The highest BCUT2D eigenvalue weighted by Gasteiger charge is 2.33. The molecule has 2 aromatic rings. The molecule has 1 aliphatic rings. The van der Waals surface area contributed by atoms with E-state index in [0.717, 1.165) is 5.56 Å². The van der Waals surface area contributed by atoms with Gasteiger partial charge in [-0.15, -0.1) is 11.3 Å². The van der Waals surface area contributed by atoms with Crippen molar-refractivity contribution in [2.45, 2.75) is 23.7 Å². The Hall–Kier alpha value is -1.41. The molecule has 1 aromatic heterocycles. The smallest absolute Gasteiger partial charge is 0.309 e. The fourth-order valence-corrected chi connectivity index (χ4v) is 5.60. The molecule has 0 atom stereocenters. The quantitative estimate of drug-likeness (QED) is 0.721. The van der Waals surface area contributed by atoms with Crippen LogP contribution >= 0.6 is 22.9 Å². The zero-order valence-electron chi connectivity index (χ0n) is 13.4. The summed E-state index contributed by atoms with van der Waals surface area (Å²) in [6.45, 7) is 0.835. The van der Waals surface area contributed by atoms with Gasteiger partial charge < -0.3 is 4.74 Å². The van der Waals surface area contributed by atoms with Crippen LogP contribution in [0.4, 0.5) is 0 Å². The number of benzene rings is 1. The zero-order valence-corrected chi connectivity index (χ0v) is 15.8. The number of hydrogen-bond donors (Lipinski definition) is 0. The molecule has 0 bridgehead atoms. The molecular formula is C17H18ClNO4S2. The van der Waals surface area contributed by atoms with Crippen LogP contribution in [-0.2, 0) is 26.2 Å². The standard InChI is InChI=1S/C17H18ClNO4S2/c18-15-4-1-3-13(11-15)12-23-17(20)14-6-8-19(9-7-14)25(21,22)16-5-2-10-24-16/h1-5,10-11,14H,6-9,12H2. The van der Waals surface area contributed by atoms with Gasteiger partial charge in [0.1, 0.15) is 10.8 Å². The Balaban J connectivity index is 1.52.